The van der Waals surface area contributed by atoms with Gasteiger partial charge in [-0.05, 0) is 12.5 Å². The molecule has 1 aliphatic heterocycles. The summed E-state index contributed by atoms with van der Waals surface area (Å²) >= 11 is 0. The van der Waals surface area contributed by atoms with Gasteiger partial charge in [-0.15, -0.1) is 0 Å². The summed E-state index contributed by atoms with van der Waals surface area (Å²) in [5.74, 6) is -0.872. The Hall–Kier alpha value is -2.04. The third-order valence-electron chi connectivity index (χ3n) is 3.56. The lowest BCUT2D eigenvalue weighted by Crippen LogP contribution is -2.45. The van der Waals surface area contributed by atoms with Crippen molar-refractivity contribution in [1.82, 2.24) is 4.72 Å². The Morgan fingerprint density at radius 1 is 1.48 bits per heavy atom. The molecule has 2 N–H and O–H groups in total. The van der Waals surface area contributed by atoms with Crippen molar-refractivity contribution in [1.29, 1.82) is 0 Å². The first-order valence-electron chi connectivity index (χ1n) is 6.83. The largest absolute Gasteiger partial charge is 0.460 e. The average molecular weight is 344 g/mol. The fourth-order valence-electron chi connectivity index (χ4n) is 2.33. The third kappa shape index (κ3) is 3.66. The number of rotatable bonds is 6. The number of para-hydroxylation sites is 1. The average Bonchev–Trinajstić information content (AvgIpc) is 2.84. The van der Waals surface area contributed by atoms with Crippen molar-refractivity contribution in [3.63, 3.8) is 0 Å². The van der Waals surface area contributed by atoms with E-state index in [1.54, 1.807) is 6.92 Å². The Bertz CT molecular complexity index is 719. The SMILES string of the molecule is C[C@@H]1C[C@@H]([C@H](CO)NS(=O)(=O)c2ccccc2[N+](=O)[O-])OC1=O. The number of hydrogen-bond donors (Lipinski definition) is 2. The summed E-state index contributed by atoms with van der Waals surface area (Å²) in [6.07, 6.45) is -0.566. The highest BCUT2D eigenvalue weighted by molar-refractivity contribution is 7.89. The van der Waals surface area contributed by atoms with Gasteiger partial charge in [-0.3, -0.25) is 14.9 Å². The molecule has 126 valence electrons. The van der Waals surface area contributed by atoms with Gasteiger partial charge < -0.3 is 9.84 Å². The number of nitro groups is 1. The Morgan fingerprint density at radius 2 is 2.13 bits per heavy atom. The lowest BCUT2D eigenvalue weighted by Gasteiger charge is -2.21. The highest BCUT2D eigenvalue weighted by Crippen LogP contribution is 2.26. The van der Waals surface area contributed by atoms with E-state index in [0.717, 1.165) is 12.1 Å². The van der Waals surface area contributed by atoms with Gasteiger partial charge in [-0.25, -0.2) is 13.1 Å². The normalized spacial score (nSPS) is 22.6. The van der Waals surface area contributed by atoms with Gasteiger partial charge in [0.1, 0.15) is 6.10 Å². The van der Waals surface area contributed by atoms with Crippen LogP contribution in [-0.4, -0.2) is 43.2 Å². The minimum absolute atomic E-state index is 0.253. The molecule has 23 heavy (non-hydrogen) atoms. The number of nitrogens with one attached hydrogen (secondary N) is 1. The summed E-state index contributed by atoms with van der Waals surface area (Å²) in [5.41, 5.74) is -0.575. The van der Waals surface area contributed by atoms with Gasteiger partial charge in [0.2, 0.25) is 10.0 Å². The number of aliphatic hydroxyl groups excluding tert-OH is 1. The third-order valence-corrected chi connectivity index (χ3v) is 5.10. The first-order chi connectivity index (χ1) is 10.8. The van der Waals surface area contributed by atoms with Gasteiger partial charge in [0, 0.05) is 6.07 Å². The zero-order valence-corrected chi connectivity index (χ0v) is 13.0. The second-order valence-corrected chi connectivity index (χ2v) is 6.93. The maximum atomic E-state index is 12.4. The molecule has 1 fully saturated rings. The monoisotopic (exact) mass is 344 g/mol. The van der Waals surface area contributed by atoms with Gasteiger partial charge >= 0.3 is 5.97 Å². The van der Waals surface area contributed by atoms with Crippen molar-refractivity contribution >= 4 is 21.7 Å². The van der Waals surface area contributed by atoms with Crippen molar-refractivity contribution in [2.75, 3.05) is 6.61 Å². The van der Waals surface area contributed by atoms with Crippen LogP contribution < -0.4 is 4.72 Å². The molecule has 0 saturated carbocycles. The van der Waals surface area contributed by atoms with Crippen LogP contribution in [0, 0.1) is 16.0 Å². The summed E-state index contributed by atoms with van der Waals surface area (Å²) in [6, 6.07) is 3.79. The van der Waals surface area contributed by atoms with Crippen LogP contribution in [0.25, 0.3) is 0 Å². The standard InChI is InChI=1S/C13H16N2O7S/c1-8-6-11(22-13(8)17)9(7-16)14-23(20,21)12-5-3-2-4-10(12)15(18)19/h2-5,8-9,11,14,16H,6-7H2,1H3/t8-,9+,11+/m1/s1. The summed E-state index contributed by atoms with van der Waals surface area (Å²) in [6.45, 7) is 1.03. The van der Waals surface area contributed by atoms with E-state index in [4.69, 9.17) is 4.74 Å². The van der Waals surface area contributed by atoms with E-state index in [1.165, 1.54) is 12.1 Å². The molecule has 1 aliphatic rings. The number of carbonyl (C=O) groups is 1. The fourth-order valence-corrected chi connectivity index (χ4v) is 3.76. The van der Waals surface area contributed by atoms with Crippen LogP contribution in [0.4, 0.5) is 5.69 Å². The zero-order chi connectivity index (χ0) is 17.2. The molecule has 1 saturated heterocycles. The molecule has 9 nitrogen and oxygen atoms in total. The number of hydrogen-bond acceptors (Lipinski definition) is 7. The number of esters is 1. The summed E-state index contributed by atoms with van der Waals surface area (Å²) < 4.78 is 32.0. The smallest absolute Gasteiger partial charge is 0.309 e. The van der Waals surface area contributed by atoms with Crippen LogP contribution in [-0.2, 0) is 19.6 Å². The van der Waals surface area contributed by atoms with Gasteiger partial charge in [0.05, 0.1) is 23.5 Å². The molecule has 0 amide bonds. The minimum Gasteiger partial charge on any atom is -0.460 e. The van der Waals surface area contributed by atoms with E-state index in [2.05, 4.69) is 4.72 Å². The van der Waals surface area contributed by atoms with Gasteiger partial charge in [0.25, 0.3) is 5.69 Å². The number of sulfonamides is 1. The second kappa shape index (κ2) is 6.60. The van der Waals surface area contributed by atoms with Crippen molar-refractivity contribution in [3.05, 3.63) is 34.4 Å². The summed E-state index contributed by atoms with van der Waals surface area (Å²) in [4.78, 5) is 21.1. The van der Waals surface area contributed by atoms with Crippen LogP contribution in [0.5, 0.6) is 0 Å². The molecule has 0 aliphatic carbocycles. The number of carbonyl (C=O) groups excluding carboxylic acids is 1. The zero-order valence-electron chi connectivity index (χ0n) is 12.2. The maximum Gasteiger partial charge on any atom is 0.309 e. The molecule has 1 aromatic rings. The molecule has 10 heteroatoms. The predicted molar refractivity (Wildman–Crippen MR) is 78.0 cm³/mol. The van der Waals surface area contributed by atoms with Crippen molar-refractivity contribution in [3.8, 4) is 0 Å². The number of cyclic esters (lactones) is 1. The predicted octanol–water partition coefficient (Wildman–Crippen LogP) is 0.186. The van der Waals surface area contributed by atoms with Crippen LogP contribution in [0.3, 0.4) is 0 Å². The molecular formula is C13H16N2O7S. The molecule has 3 atom stereocenters. The summed E-state index contributed by atoms with van der Waals surface area (Å²) in [7, 11) is -4.26. The van der Waals surface area contributed by atoms with Crippen molar-refractivity contribution < 1.29 is 28.0 Å². The molecule has 0 aromatic heterocycles. The van der Waals surface area contributed by atoms with Gasteiger partial charge in [-0.1, -0.05) is 19.1 Å². The molecule has 0 unspecified atom stereocenters. The number of benzene rings is 1. The van der Waals surface area contributed by atoms with E-state index in [9.17, 15) is 28.4 Å². The minimum atomic E-state index is -4.26. The number of aliphatic hydroxyl groups is 1. The van der Waals surface area contributed by atoms with E-state index in [1.807, 2.05) is 0 Å². The first-order valence-corrected chi connectivity index (χ1v) is 8.31. The van der Waals surface area contributed by atoms with E-state index in [-0.39, 0.29) is 6.42 Å². The molecule has 1 heterocycles. The quantitative estimate of drug-likeness (QED) is 0.427. The molecule has 1 aromatic carbocycles. The maximum absolute atomic E-state index is 12.4. The van der Waals surface area contributed by atoms with E-state index < -0.39 is 56.2 Å². The lowest BCUT2D eigenvalue weighted by atomic mass is 10.0. The highest BCUT2D eigenvalue weighted by Gasteiger charge is 2.39. The molecular weight excluding hydrogens is 328 g/mol. The Kier molecular flexibility index (Phi) is 4.97. The van der Waals surface area contributed by atoms with E-state index >= 15 is 0 Å². The first kappa shape index (κ1) is 17.3. The molecule has 0 bridgehead atoms. The summed E-state index contributed by atoms with van der Waals surface area (Å²) in [5, 5.41) is 20.4. The molecule has 0 radical (unpaired) electrons. The lowest BCUT2D eigenvalue weighted by molar-refractivity contribution is -0.387. The van der Waals surface area contributed by atoms with Crippen LogP contribution in [0.15, 0.2) is 29.2 Å². The number of nitro benzene ring substituents is 1. The van der Waals surface area contributed by atoms with Crippen LogP contribution in [0.1, 0.15) is 13.3 Å². The van der Waals surface area contributed by atoms with Crippen molar-refractivity contribution in [2.45, 2.75) is 30.4 Å². The van der Waals surface area contributed by atoms with Crippen molar-refractivity contribution in [2.24, 2.45) is 5.92 Å². The highest BCUT2D eigenvalue weighted by atomic mass is 32.2. The van der Waals surface area contributed by atoms with Gasteiger partial charge in [0.15, 0.2) is 4.90 Å². The fraction of sp³-hybridized carbons (Fsp3) is 0.462. The van der Waals surface area contributed by atoms with Gasteiger partial charge in [-0.2, -0.15) is 0 Å². The Labute approximate surface area is 132 Å². The van der Waals surface area contributed by atoms with E-state index in [0.29, 0.717) is 0 Å². The number of ether oxygens (including phenoxy) is 1. The molecule has 0 spiro atoms. The topological polar surface area (TPSA) is 136 Å². The molecule has 2 rings (SSSR count). The van der Waals surface area contributed by atoms with Crippen LogP contribution >= 0.6 is 0 Å². The van der Waals surface area contributed by atoms with Crippen LogP contribution in [0.2, 0.25) is 0 Å². The second-order valence-electron chi connectivity index (χ2n) is 5.25. The Morgan fingerprint density at radius 3 is 2.65 bits per heavy atom. The Balaban J connectivity index is 2.27. The number of nitrogens with zero attached hydrogens (tertiary/aromatic N) is 1.